The Bertz CT molecular complexity index is 1890. The number of carbonyl (C=O) groups excluding carboxylic acids is 5. The number of nitrogens with one attached hydrogen (secondary N) is 2. The molecule has 2 N–H and O–H groups in total. The van der Waals surface area contributed by atoms with Crippen molar-refractivity contribution in [3.05, 3.63) is 93.1 Å². The van der Waals surface area contributed by atoms with Gasteiger partial charge in [-0.2, -0.15) is 5.10 Å². The molecule has 230 valence electrons. The summed E-state index contributed by atoms with van der Waals surface area (Å²) in [5.41, 5.74) is 2.47. The number of imide groups is 2. The van der Waals surface area contributed by atoms with E-state index in [9.17, 15) is 24.0 Å². The number of esters is 1. The summed E-state index contributed by atoms with van der Waals surface area (Å²) in [6.07, 6.45) is 0.494. The van der Waals surface area contributed by atoms with E-state index >= 15 is 0 Å². The first-order chi connectivity index (χ1) is 21.6. The molecule has 2 aliphatic heterocycles. The number of hydrogen-bond donors (Lipinski definition) is 2. The first-order valence-corrected chi connectivity index (χ1v) is 15.1. The molecule has 6 rings (SSSR count). The van der Waals surface area contributed by atoms with E-state index in [4.69, 9.17) is 27.9 Å². The second-order valence-electron chi connectivity index (χ2n) is 10.9. The van der Waals surface area contributed by atoms with E-state index < -0.39 is 35.6 Å². The van der Waals surface area contributed by atoms with Gasteiger partial charge in [-0.15, -0.1) is 0 Å². The lowest BCUT2D eigenvalue weighted by molar-refractivity contribution is -0.136. The van der Waals surface area contributed by atoms with Crippen molar-refractivity contribution < 1.29 is 28.7 Å². The number of ether oxygens (including phenoxy) is 1. The van der Waals surface area contributed by atoms with Gasteiger partial charge in [-0.25, -0.2) is 4.79 Å². The second kappa shape index (κ2) is 12.3. The van der Waals surface area contributed by atoms with Gasteiger partial charge >= 0.3 is 5.97 Å². The third-order valence-corrected chi connectivity index (χ3v) is 8.43. The van der Waals surface area contributed by atoms with Gasteiger partial charge in [-0.3, -0.25) is 34.1 Å². The Kier molecular flexibility index (Phi) is 8.30. The molecule has 3 aromatic carbocycles. The summed E-state index contributed by atoms with van der Waals surface area (Å²) in [4.78, 5) is 64.5. The van der Waals surface area contributed by atoms with Crippen LogP contribution in [0.5, 0.6) is 0 Å². The number of para-hydroxylation sites is 1. The average molecular weight is 649 g/mol. The van der Waals surface area contributed by atoms with Crippen molar-refractivity contribution in [3.63, 3.8) is 0 Å². The number of aromatic nitrogens is 2. The molecule has 4 aromatic rings. The van der Waals surface area contributed by atoms with Crippen molar-refractivity contribution in [1.29, 1.82) is 0 Å². The van der Waals surface area contributed by atoms with Gasteiger partial charge in [0, 0.05) is 40.0 Å². The zero-order valence-electron chi connectivity index (χ0n) is 24.0. The third kappa shape index (κ3) is 5.88. The maximum absolute atomic E-state index is 13.4. The molecular weight excluding hydrogens is 621 g/mol. The molecule has 11 nitrogen and oxygen atoms in total. The van der Waals surface area contributed by atoms with Crippen LogP contribution < -0.4 is 10.6 Å². The van der Waals surface area contributed by atoms with E-state index in [0.717, 1.165) is 16.0 Å². The fourth-order valence-corrected chi connectivity index (χ4v) is 6.05. The number of carbonyl (C=O) groups is 5. The van der Waals surface area contributed by atoms with Gasteiger partial charge in [-0.05, 0) is 49.2 Å². The van der Waals surface area contributed by atoms with Crippen LogP contribution in [0.4, 0.5) is 5.69 Å². The second-order valence-corrected chi connectivity index (χ2v) is 11.7. The van der Waals surface area contributed by atoms with Crippen LogP contribution in [0, 0.1) is 0 Å². The SMILES string of the molecule is CC(CCOC(=O)c1nn(Cc2ccc(Cl)cc2Cl)c2ccccc12)Nc1cccc2c1C(=O)N(C1CCC(=O)NC1=O)C2=O. The Hall–Kier alpha value is -4.74. The van der Waals surface area contributed by atoms with Crippen LogP contribution in [0.1, 0.15) is 63.0 Å². The molecule has 0 aliphatic carbocycles. The molecule has 4 amide bonds. The highest BCUT2D eigenvalue weighted by Gasteiger charge is 2.45. The molecule has 0 radical (unpaired) electrons. The van der Waals surface area contributed by atoms with Crippen LogP contribution in [0.25, 0.3) is 10.9 Å². The molecule has 3 heterocycles. The predicted octanol–water partition coefficient (Wildman–Crippen LogP) is 4.84. The first kappa shape index (κ1) is 30.3. The molecular formula is C32H27Cl2N5O6. The summed E-state index contributed by atoms with van der Waals surface area (Å²) >= 11 is 12.4. The van der Waals surface area contributed by atoms with Gasteiger partial charge in [0.1, 0.15) is 6.04 Å². The van der Waals surface area contributed by atoms with Crippen molar-refractivity contribution in [1.82, 2.24) is 20.0 Å². The van der Waals surface area contributed by atoms with Crippen molar-refractivity contribution in [2.24, 2.45) is 0 Å². The fraction of sp³-hybridized carbons (Fsp3) is 0.250. The van der Waals surface area contributed by atoms with Gasteiger partial charge in [0.2, 0.25) is 11.8 Å². The topological polar surface area (TPSA) is 140 Å². The standard InChI is InChI=1S/C32H27Cl2N5O6/c1-17(35-23-7-4-6-21-27(23)31(43)39(30(21)42)25-11-12-26(40)36-29(25)41)13-14-45-32(44)28-20-5-2-3-8-24(20)38(37-28)16-18-9-10-19(33)15-22(18)34/h2-10,15,17,25,35H,11-14,16H2,1H3,(H,36,40,41). The van der Waals surface area contributed by atoms with Gasteiger partial charge in [0.15, 0.2) is 5.69 Å². The highest BCUT2D eigenvalue weighted by Crippen LogP contribution is 2.33. The Morgan fingerprint density at radius 3 is 2.64 bits per heavy atom. The fourth-order valence-electron chi connectivity index (χ4n) is 5.58. The molecule has 0 spiro atoms. The summed E-state index contributed by atoms with van der Waals surface area (Å²) < 4.78 is 7.29. The Labute approximate surface area is 267 Å². The van der Waals surface area contributed by atoms with E-state index in [-0.39, 0.29) is 42.3 Å². The molecule has 2 atom stereocenters. The molecule has 0 bridgehead atoms. The number of halogens is 2. The zero-order valence-corrected chi connectivity index (χ0v) is 25.5. The van der Waals surface area contributed by atoms with Gasteiger partial charge in [0.25, 0.3) is 11.8 Å². The molecule has 0 saturated carbocycles. The summed E-state index contributed by atoms with van der Waals surface area (Å²) in [5.74, 6) is -2.88. The minimum atomic E-state index is -1.05. The molecule has 1 fully saturated rings. The van der Waals surface area contributed by atoms with Crippen molar-refractivity contribution in [2.45, 2.75) is 44.8 Å². The molecule has 2 unspecified atom stereocenters. The zero-order chi connectivity index (χ0) is 31.8. The molecule has 1 saturated heterocycles. The van der Waals surface area contributed by atoms with Crippen LogP contribution in [0.2, 0.25) is 10.0 Å². The number of hydrogen-bond acceptors (Lipinski definition) is 8. The highest BCUT2D eigenvalue weighted by molar-refractivity contribution is 6.35. The maximum atomic E-state index is 13.4. The number of nitrogens with zero attached hydrogens (tertiary/aromatic N) is 3. The van der Waals surface area contributed by atoms with Crippen LogP contribution in [0.3, 0.4) is 0 Å². The lowest BCUT2D eigenvalue weighted by atomic mass is 10.0. The van der Waals surface area contributed by atoms with Gasteiger partial charge < -0.3 is 10.1 Å². The number of rotatable bonds is 9. The lowest BCUT2D eigenvalue weighted by Gasteiger charge is -2.27. The monoisotopic (exact) mass is 647 g/mol. The Balaban J connectivity index is 1.11. The number of amides is 4. The minimum Gasteiger partial charge on any atom is -0.461 e. The number of piperidine rings is 1. The van der Waals surface area contributed by atoms with E-state index in [1.807, 2.05) is 31.2 Å². The third-order valence-electron chi connectivity index (χ3n) is 7.84. The summed E-state index contributed by atoms with van der Waals surface area (Å²) in [6.45, 7) is 2.24. The van der Waals surface area contributed by atoms with Crippen molar-refractivity contribution >= 4 is 69.4 Å². The highest BCUT2D eigenvalue weighted by atomic mass is 35.5. The quantitative estimate of drug-likeness (QED) is 0.194. The number of anilines is 1. The van der Waals surface area contributed by atoms with Gasteiger partial charge in [-0.1, -0.05) is 53.5 Å². The van der Waals surface area contributed by atoms with E-state index in [0.29, 0.717) is 34.1 Å². The Morgan fingerprint density at radius 1 is 1.07 bits per heavy atom. The number of fused-ring (bicyclic) bond motifs is 2. The van der Waals surface area contributed by atoms with E-state index in [1.54, 1.807) is 35.0 Å². The summed E-state index contributed by atoms with van der Waals surface area (Å²) in [7, 11) is 0. The van der Waals surface area contributed by atoms with Crippen LogP contribution in [-0.2, 0) is 20.9 Å². The predicted molar refractivity (Wildman–Crippen MR) is 166 cm³/mol. The van der Waals surface area contributed by atoms with Crippen LogP contribution >= 0.6 is 23.2 Å². The van der Waals surface area contributed by atoms with Crippen molar-refractivity contribution in [2.75, 3.05) is 11.9 Å². The summed E-state index contributed by atoms with van der Waals surface area (Å²) in [5, 5.41) is 11.6. The molecule has 45 heavy (non-hydrogen) atoms. The summed E-state index contributed by atoms with van der Waals surface area (Å²) in [6, 6.07) is 16.1. The average Bonchev–Trinajstić information content (AvgIpc) is 3.49. The number of benzene rings is 3. The smallest absolute Gasteiger partial charge is 0.359 e. The molecule has 1 aromatic heterocycles. The minimum absolute atomic E-state index is 0.0391. The largest absolute Gasteiger partial charge is 0.461 e. The van der Waals surface area contributed by atoms with Crippen LogP contribution in [-0.4, -0.2) is 63.0 Å². The van der Waals surface area contributed by atoms with Crippen molar-refractivity contribution in [3.8, 4) is 0 Å². The lowest BCUT2D eigenvalue weighted by Crippen LogP contribution is -2.54. The van der Waals surface area contributed by atoms with E-state index in [1.165, 1.54) is 6.07 Å². The van der Waals surface area contributed by atoms with Crippen LogP contribution in [0.15, 0.2) is 60.7 Å². The maximum Gasteiger partial charge on any atom is 0.359 e. The molecule has 2 aliphatic rings. The Morgan fingerprint density at radius 2 is 1.87 bits per heavy atom. The first-order valence-electron chi connectivity index (χ1n) is 14.3. The normalized spacial score (nSPS) is 17.0. The van der Waals surface area contributed by atoms with Gasteiger partial charge in [0.05, 0.1) is 29.8 Å². The molecule has 13 heteroatoms. The van der Waals surface area contributed by atoms with E-state index in [2.05, 4.69) is 15.7 Å².